The molecule has 6 heteroatoms. The average Bonchev–Trinajstić information content (AvgIpc) is 2.95. The Morgan fingerprint density at radius 1 is 1.21 bits per heavy atom. The molecule has 0 bridgehead atoms. The quantitative estimate of drug-likeness (QED) is 0.557. The number of benzene rings is 2. The second-order valence-electron chi connectivity index (χ2n) is 5.63. The summed E-state index contributed by atoms with van der Waals surface area (Å²) in [4.78, 5) is 20.1. The lowest BCUT2D eigenvalue weighted by Gasteiger charge is -1.98. The summed E-state index contributed by atoms with van der Waals surface area (Å²) in [5.74, 6) is 0.181. The minimum absolute atomic E-state index is 0.181. The van der Waals surface area contributed by atoms with Gasteiger partial charge < -0.3 is 10.1 Å². The Kier molecular flexibility index (Phi) is 3.16. The van der Waals surface area contributed by atoms with E-state index in [0.29, 0.717) is 11.0 Å². The SMILES string of the molecule is Cc1ccc2[nH]c3c(=O)n(/N=C/c4ccc(O)cc4)cnc3c2c1. The van der Waals surface area contributed by atoms with E-state index in [9.17, 15) is 9.90 Å². The maximum absolute atomic E-state index is 12.6. The number of phenols is 1. The van der Waals surface area contributed by atoms with Crippen LogP contribution in [-0.2, 0) is 0 Å². The molecule has 4 rings (SSSR count). The van der Waals surface area contributed by atoms with E-state index in [4.69, 9.17) is 0 Å². The fraction of sp³-hybridized carbons (Fsp3) is 0.0556. The molecular formula is C18H14N4O2. The predicted octanol–water partition coefficient (Wildman–Crippen LogP) is 2.77. The first-order valence-electron chi connectivity index (χ1n) is 7.45. The molecule has 0 radical (unpaired) electrons. The van der Waals surface area contributed by atoms with Gasteiger partial charge in [0.1, 0.15) is 23.1 Å². The summed E-state index contributed by atoms with van der Waals surface area (Å²) >= 11 is 0. The van der Waals surface area contributed by atoms with Crippen LogP contribution < -0.4 is 5.56 Å². The van der Waals surface area contributed by atoms with Crippen LogP contribution in [0.4, 0.5) is 0 Å². The summed E-state index contributed by atoms with van der Waals surface area (Å²) in [5.41, 5.74) is 3.58. The highest BCUT2D eigenvalue weighted by Crippen LogP contribution is 2.22. The predicted molar refractivity (Wildman–Crippen MR) is 93.7 cm³/mol. The number of nitrogens with zero attached hydrogens (tertiary/aromatic N) is 3. The van der Waals surface area contributed by atoms with Gasteiger partial charge in [0.15, 0.2) is 0 Å². The van der Waals surface area contributed by atoms with E-state index in [1.165, 1.54) is 11.0 Å². The number of fused-ring (bicyclic) bond motifs is 3. The molecule has 0 spiro atoms. The van der Waals surface area contributed by atoms with E-state index >= 15 is 0 Å². The van der Waals surface area contributed by atoms with Crippen LogP contribution >= 0.6 is 0 Å². The van der Waals surface area contributed by atoms with Crippen LogP contribution in [0, 0.1) is 6.92 Å². The zero-order chi connectivity index (χ0) is 16.7. The number of H-pyrrole nitrogens is 1. The Morgan fingerprint density at radius 3 is 2.79 bits per heavy atom. The number of hydrogen-bond donors (Lipinski definition) is 2. The highest BCUT2D eigenvalue weighted by molar-refractivity contribution is 6.04. The Hall–Kier alpha value is -3.41. The smallest absolute Gasteiger partial charge is 0.298 e. The van der Waals surface area contributed by atoms with Gasteiger partial charge in [0.2, 0.25) is 0 Å². The maximum atomic E-state index is 12.6. The normalized spacial score (nSPS) is 11.7. The fourth-order valence-electron chi connectivity index (χ4n) is 2.63. The summed E-state index contributed by atoms with van der Waals surface area (Å²) in [6.07, 6.45) is 2.96. The van der Waals surface area contributed by atoms with Crippen LogP contribution in [-0.4, -0.2) is 26.0 Å². The second-order valence-corrected chi connectivity index (χ2v) is 5.63. The van der Waals surface area contributed by atoms with Crippen molar-refractivity contribution in [1.82, 2.24) is 14.6 Å². The standard InChI is InChI=1S/C18H14N4O2/c1-11-2-7-15-14(8-11)16-17(21-15)18(24)22(10-19-16)20-9-12-3-5-13(23)6-4-12/h2-10,21,23H,1H3/b20-9+. The molecule has 4 aromatic rings. The fourth-order valence-corrected chi connectivity index (χ4v) is 2.63. The summed E-state index contributed by atoms with van der Waals surface area (Å²) < 4.78 is 1.19. The third-order valence-corrected chi connectivity index (χ3v) is 3.87. The lowest BCUT2D eigenvalue weighted by molar-refractivity contribution is 0.475. The maximum Gasteiger partial charge on any atom is 0.298 e. The molecule has 0 aliphatic rings. The van der Waals surface area contributed by atoms with Crippen molar-refractivity contribution in [2.45, 2.75) is 6.92 Å². The van der Waals surface area contributed by atoms with Gasteiger partial charge in [0.25, 0.3) is 5.56 Å². The minimum Gasteiger partial charge on any atom is -0.508 e. The molecule has 2 N–H and O–H groups in total. The van der Waals surface area contributed by atoms with Crippen molar-refractivity contribution in [2.75, 3.05) is 0 Å². The summed E-state index contributed by atoms with van der Waals surface area (Å²) in [5, 5.41) is 14.4. The molecule has 0 saturated carbocycles. The molecule has 2 aromatic carbocycles. The third kappa shape index (κ3) is 2.34. The van der Waals surface area contributed by atoms with Gasteiger partial charge in [-0.15, -0.1) is 0 Å². The van der Waals surface area contributed by atoms with Crippen LogP contribution in [0.25, 0.3) is 21.9 Å². The first-order valence-corrected chi connectivity index (χ1v) is 7.45. The molecule has 0 fully saturated rings. The molecule has 0 aliphatic heterocycles. The lowest BCUT2D eigenvalue weighted by atomic mass is 10.2. The summed E-state index contributed by atoms with van der Waals surface area (Å²) in [6, 6.07) is 12.5. The van der Waals surface area contributed by atoms with Gasteiger partial charge in [0, 0.05) is 10.9 Å². The van der Waals surface area contributed by atoms with E-state index in [0.717, 1.165) is 22.0 Å². The van der Waals surface area contributed by atoms with E-state index in [2.05, 4.69) is 15.1 Å². The van der Waals surface area contributed by atoms with Crippen molar-refractivity contribution in [3.63, 3.8) is 0 Å². The van der Waals surface area contributed by atoms with Gasteiger partial charge in [-0.2, -0.15) is 9.78 Å². The minimum atomic E-state index is -0.260. The van der Waals surface area contributed by atoms with E-state index in [-0.39, 0.29) is 11.3 Å². The first-order chi connectivity index (χ1) is 11.6. The number of nitrogens with one attached hydrogen (secondary N) is 1. The van der Waals surface area contributed by atoms with Crippen molar-refractivity contribution in [1.29, 1.82) is 0 Å². The molecule has 0 unspecified atom stereocenters. The molecule has 0 aliphatic carbocycles. The molecule has 2 heterocycles. The molecule has 24 heavy (non-hydrogen) atoms. The van der Waals surface area contributed by atoms with Crippen LogP contribution in [0.5, 0.6) is 5.75 Å². The van der Waals surface area contributed by atoms with Crippen LogP contribution in [0.2, 0.25) is 0 Å². The zero-order valence-electron chi connectivity index (χ0n) is 12.9. The average molecular weight is 318 g/mol. The molecule has 6 nitrogen and oxygen atoms in total. The van der Waals surface area contributed by atoms with Crippen molar-refractivity contribution in [3.8, 4) is 5.75 Å². The van der Waals surface area contributed by atoms with E-state index < -0.39 is 0 Å². The number of aromatic hydroxyl groups is 1. The topological polar surface area (TPSA) is 83.3 Å². The molecule has 2 aromatic heterocycles. The largest absolute Gasteiger partial charge is 0.508 e. The Labute approximate surface area is 136 Å². The highest BCUT2D eigenvalue weighted by Gasteiger charge is 2.10. The number of aryl methyl sites for hydroxylation is 1. The lowest BCUT2D eigenvalue weighted by Crippen LogP contribution is -2.17. The van der Waals surface area contributed by atoms with Crippen LogP contribution in [0.15, 0.2) is 58.7 Å². The van der Waals surface area contributed by atoms with E-state index in [1.54, 1.807) is 30.5 Å². The van der Waals surface area contributed by atoms with Gasteiger partial charge in [-0.05, 0) is 48.9 Å². The molecule has 0 amide bonds. The number of phenolic OH excluding ortho intramolecular Hbond substituents is 1. The van der Waals surface area contributed by atoms with Crippen molar-refractivity contribution in [2.24, 2.45) is 5.10 Å². The van der Waals surface area contributed by atoms with Gasteiger partial charge in [0.05, 0.1) is 6.21 Å². The zero-order valence-corrected chi connectivity index (χ0v) is 12.9. The molecular weight excluding hydrogens is 304 g/mol. The van der Waals surface area contributed by atoms with Crippen LogP contribution in [0.1, 0.15) is 11.1 Å². The Morgan fingerprint density at radius 2 is 2.00 bits per heavy atom. The molecule has 0 atom stereocenters. The Balaban J connectivity index is 1.82. The van der Waals surface area contributed by atoms with Crippen molar-refractivity contribution < 1.29 is 5.11 Å². The number of aromatic amines is 1. The van der Waals surface area contributed by atoms with Crippen LogP contribution in [0.3, 0.4) is 0 Å². The van der Waals surface area contributed by atoms with Gasteiger partial charge >= 0.3 is 0 Å². The number of aromatic nitrogens is 3. The molecule has 118 valence electrons. The Bertz CT molecular complexity index is 1140. The monoisotopic (exact) mass is 318 g/mol. The van der Waals surface area contributed by atoms with E-state index in [1.807, 2.05) is 25.1 Å². The third-order valence-electron chi connectivity index (χ3n) is 3.87. The van der Waals surface area contributed by atoms with Gasteiger partial charge in [-0.3, -0.25) is 4.79 Å². The number of rotatable bonds is 2. The number of hydrogen-bond acceptors (Lipinski definition) is 4. The summed E-state index contributed by atoms with van der Waals surface area (Å²) in [6.45, 7) is 2.00. The van der Waals surface area contributed by atoms with Gasteiger partial charge in [-0.25, -0.2) is 4.98 Å². The van der Waals surface area contributed by atoms with Crippen molar-refractivity contribution >= 4 is 28.2 Å². The molecule has 0 saturated heterocycles. The second kappa shape index (κ2) is 5.34. The van der Waals surface area contributed by atoms with Gasteiger partial charge in [-0.1, -0.05) is 11.6 Å². The summed E-state index contributed by atoms with van der Waals surface area (Å²) in [7, 11) is 0. The highest BCUT2D eigenvalue weighted by atomic mass is 16.3. The van der Waals surface area contributed by atoms with Crippen molar-refractivity contribution in [3.05, 3.63) is 70.3 Å². The first kappa shape index (κ1) is 14.2.